The Labute approximate surface area is 169 Å². The Bertz CT molecular complexity index is 893. The van der Waals surface area contributed by atoms with Crippen molar-refractivity contribution in [3.63, 3.8) is 0 Å². The Morgan fingerprint density at radius 3 is 2.34 bits per heavy atom. The molecule has 1 N–H and O–H groups in total. The number of morpholine rings is 1. The zero-order valence-electron chi connectivity index (χ0n) is 16.7. The lowest BCUT2D eigenvalue weighted by Gasteiger charge is -2.30. The van der Waals surface area contributed by atoms with Crippen LogP contribution in [0, 0.1) is 0 Å². The lowest BCUT2D eigenvalue weighted by atomic mass is 10.1. The number of carbonyl (C=O) groups is 2. The Kier molecular flexibility index (Phi) is 6.56. The smallest absolute Gasteiger partial charge is 0.340 e. The molecule has 2 aromatic rings. The second-order valence-corrected chi connectivity index (χ2v) is 6.35. The summed E-state index contributed by atoms with van der Waals surface area (Å²) in [7, 11) is 4.37. The number of benzene rings is 2. The number of carbonyl (C=O) groups excluding carboxylic acids is 2. The van der Waals surface area contributed by atoms with E-state index in [9.17, 15) is 9.59 Å². The van der Waals surface area contributed by atoms with Crippen molar-refractivity contribution in [2.45, 2.75) is 0 Å². The molecule has 1 aliphatic rings. The number of rotatable bonds is 6. The maximum atomic E-state index is 12.7. The summed E-state index contributed by atoms with van der Waals surface area (Å²) < 4.78 is 20.7. The lowest BCUT2D eigenvalue weighted by molar-refractivity contribution is 0.0600. The van der Waals surface area contributed by atoms with E-state index in [1.807, 2.05) is 6.07 Å². The molecule has 0 unspecified atom stereocenters. The van der Waals surface area contributed by atoms with Crippen LogP contribution in [0.4, 0.5) is 11.4 Å². The van der Waals surface area contributed by atoms with Crippen LogP contribution in [0.15, 0.2) is 36.4 Å². The molecule has 0 aliphatic carbocycles. The first-order valence-electron chi connectivity index (χ1n) is 9.15. The molecular formula is C21H24N2O6. The van der Waals surface area contributed by atoms with E-state index < -0.39 is 5.97 Å². The van der Waals surface area contributed by atoms with Crippen LogP contribution in [0.25, 0.3) is 0 Å². The summed E-state index contributed by atoms with van der Waals surface area (Å²) in [4.78, 5) is 27.0. The van der Waals surface area contributed by atoms with Gasteiger partial charge in [0.1, 0.15) is 0 Å². The summed E-state index contributed by atoms with van der Waals surface area (Å²) >= 11 is 0. The van der Waals surface area contributed by atoms with Crippen LogP contribution in [0.2, 0.25) is 0 Å². The molecule has 8 nitrogen and oxygen atoms in total. The van der Waals surface area contributed by atoms with E-state index >= 15 is 0 Å². The third-order valence-corrected chi connectivity index (χ3v) is 4.66. The molecule has 1 fully saturated rings. The summed E-state index contributed by atoms with van der Waals surface area (Å²) in [5, 5.41) is 2.81. The Hall–Kier alpha value is -3.26. The van der Waals surface area contributed by atoms with Crippen molar-refractivity contribution in [3.05, 3.63) is 47.5 Å². The summed E-state index contributed by atoms with van der Waals surface area (Å²) in [6.45, 7) is 2.56. The molecule has 1 saturated heterocycles. The van der Waals surface area contributed by atoms with Crippen LogP contribution >= 0.6 is 0 Å². The van der Waals surface area contributed by atoms with Gasteiger partial charge in [-0.2, -0.15) is 0 Å². The number of ether oxygens (including phenoxy) is 4. The predicted octanol–water partition coefficient (Wildman–Crippen LogP) is 2.58. The molecule has 0 radical (unpaired) electrons. The molecule has 29 heavy (non-hydrogen) atoms. The van der Waals surface area contributed by atoms with Gasteiger partial charge in [-0.25, -0.2) is 4.79 Å². The van der Waals surface area contributed by atoms with Crippen molar-refractivity contribution in [2.24, 2.45) is 0 Å². The molecule has 1 heterocycles. The zero-order valence-corrected chi connectivity index (χ0v) is 16.7. The average molecular weight is 400 g/mol. The highest BCUT2D eigenvalue weighted by Crippen LogP contribution is 2.29. The van der Waals surface area contributed by atoms with Crippen molar-refractivity contribution >= 4 is 23.3 Å². The normalized spacial score (nSPS) is 13.6. The molecule has 0 atom stereocenters. The number of esters is 1. The molecule has 2 aromatic carbocycles. The van der Waals surface area contributed by atoms with Gasteiger partial charge in [0.25, 0.3) is 5.91 Å². The van der Waals surface area contributed by atoms with Crippen molar-refractivity contribution in [1.82, 2.24) is 0 Å². The first-order chi connectivity index (χ1) is 14.1. The molecule has 8 heteroatoms. The molecule has 0 spiro atoms. The molecule has 0 saturated carbocycles. The van der Waals surface area contributed by atoms with Gasteiger partial charge in [0.05, 0.1) is 45.8 Å². The number of methoxy groups -OCH3 is 3. The topological polar surface area (TPSA) is 86.3 Å². The fourth-order valence-corrected chi connectivity index (χ4v) is 3.15. The largest absolute Gasteiger partial charge is 0.493 e. The molecule has 0 bridgehead atoms. The monoisotopic (exact) mass is 400 g/mol. The number of nitrogens with one attached hydrogen (secondary N) is 1. The molecule has 3 rings (SSSR count). The number of hydrogen-bond donors (Lipinski definition) is 1. The van der Waals surface area contributed by atoms with E-state index in [0.29, 0.717) is 54.6 Å². The molecule has 1 amide bonds. The number of anilines is 2. The minimum Gasteiger partial charge on any atom is -0.493 e. The second kappa shape index (κ2) is 9.29. The van der Waals surface area contributed by atoms with Crippen molar-refractivity contribution < 1.29 is 28.5 Å². The highest BCUT2D eigenvalue weighted by Gasteiger charge is 2.20. The number of hydrogen-bond acceptors (Lipinski definition) is 7. The third-order valence-electron chi connectivity index (χ3n) is 4.66. The van der Waals surface area contributed by atoms with E-state index in [1.165, 1.54) is 21.3 Å². The van der Waals surface area contributed by atoms with Gasteiger partial charge in [0.15, 0.2) is 11.5 Å². The molecular weight excluding hydrogens is 376 g/mol. The van der Waals surface area contributed by atoms with Gasteiger partial charge in [-0.15, -0.1) is 0 Å². The van der Waals surface area contributed by atoms with Gasteiger partial charge in [-0.3, -0.25) is 4.79 Å². The first-order valence-corrected chi connectivity index (χ1v) is 9.15. The van der Waals surface area contributed by atoms with E-state index in [1.54, 1.807) is 30.3 Å². The van der Waals surface area contributed by atoms with Crippen molar-refractivity contribution in [1.29, 1.82) is 0 Å². The van der Waals surface area contributed by atoms with Crippen LogP contribution in [-0.2, 0) is 9.47 Å². The van der Waals surface area contributed by atoms with Gasteiger partial charge < -0.3 is 29.2 Å². The molecule has 1 aliphatic heterocycles. The molecule has 0 aromatic heterocycles. The van der Waals surface area contributed by atoms with Crippen LogP contribution in [-0.4, -0.2) is 59.5 Å². The van der Waals surface area contributed by atoms with Crippen LogP contribution in [0.5, 0.6) is 11.5 Å². The Balaban J connectivity index is 1.85. The van der Waals surface area contributed by atoms with Gasteiger partial charge in [0, 0.05) is 24.3 Å². The fraction of sp³-hybridized carbons (Fsp3) is 0.333. The van der Waals surface area contributed by atoms with Gasteiger partial charge >= 0.3 is 5.97 Å². The third kappa shape index (κ3) is 4.60. The van der Waals surface area contributed by atoms with Gasteiger partial charge in [-0.1, -0.05) is 0 Å². The van der Waals surface area contributed by atoms with Crippen molar-refractivity contribution in [2.75, 3.05) is 57.8 Å². The Morgan fingerprint density at radius 1 is 0.966 bits per heavy atom. The minimum absolute atomic E-state index is 0.333. The fourth-order valence-electron chi connectivity index (χ4n) is 3.15. The highest BCUT2D eigenvalue weighted by atomic mass is 16.5. The second-order valence-electron chi connectivity index (χ2n) is 6.35. The van der Waals surface area contributed by atoms with Gasteiger partial charge in [0.2, 0.25) is 0 Å². The molecule has 154 valence electrons. The number of nitrogens with zero attached hydrogens (tertiary/aromatic N) is 1. The van der Waals surface area contributed by atoms with Crippen LogP contribution in [0.3, 0.4) is 0 Å². The summed E-state index contributed by atoms with van der Waals surface area (Å²) in [5.41, 5.74) is 2.03. The van der Waals surface area contributed by atoms with E-state index in [-0.39, 0.29) is 5.91 Å². The zero-order chi connectivity index (χ0) is 20.8. The maximum Gasteiger partial charge on any atom is 0.340 e. The van der Waals surface area contributed by atoms with Crippen LogP contribution < -0.4 is 19.7 Å². The average Bonchev–Trinajstić information content (AvgIpc) is 2.78. The SMILES string of the molecule is COC(=O)c1cc(NC(=O)c2ccc(OC)c(OC)c2)ccc1N1CCOCC1. The van der Waals surface area contributed by atoms with E-state index in [4.69, 9.17) is 18.9 Å². The first kappa shape index (κ1) is 20.5. The number of amides is 1. The maximum absolute atomic E-state index is 12.7. The van der Waals surface area contributed by atoms with Crippen molar-refractivity contribution in [3.8, 4) is 11.5 Å². The van der Waals surface area contributed by atoms with Crippen LogP contribution in [0.1, 0.15) is 20.7 Å². The van der Waals surface area contributed by atoms with E-state index in [0.717, 1.165) is 5.69 Å². The summed E-state index contributed by atoms with van der Waals surface area (Å²) in [6, 6.07) is 10.1. The standard InChI is InChI=1S/C21H24N2O6/c1-26-18-7-4-14(12-19(18)27-2)20(24)22-15-5-6-17(16(13-15)21(25)28-3)23-8-10-29-11-9-23/h4-7,12-13H,8-11H2,1-3H3,(H,22,24). The lowest BCUT2D eigenvalue weighted by Crippen LogP contribution is -2.37. The minimum atomic E-state index is -0.464. The highest BCUT2D eigenvalue weighted by molar-refractivity contribution is 6.06. The van der Waals surface area contributed by atoms with E-state index in [2.05, 4.69) is 10.2 Å². The Morgan fingerprint density at radius 2 is 1.69 bits per heavy atom. The summed E-state index contributed by atoms with van der Waals surface area (Å²) in [5.74, 6) is 0.194. The predicted molar refractivity (Wildman–Crippen MR) is 108 cm³/mol. The van der Waals surface area contributed by atoms with Gasteiger partial charge in [-0.05, 0) is 36.4 Å². The summed E-state index contributed by atoms with van der Waals surface area (Å²) in [6.07, 6.45) is 0. The quantitative estimate of drug-likeness (QED) is 0.746.